The number of amides is 2. The lowest BCUT2D eigenvalue weighted by atomic mass is 9.94. The number of aromatic nitrogens is 5. The highest BCUT2D eigenvalue weighted by Gasteiger charge is 2.53. The Kier molecular flexibility index (Phi) is 19.7. The second-order valence-corrected chi connectivity index (χ2v) is 20.9. The van der Waals surface area contributed by atoms with E-state index in [-0.39, 0.29) is 80.9 Å². The van der Waals surface area contributed by atoms with Crippen LogP contribution in [0.3, 0.4) is 0 Å². The summed E-state index contributed by atoms with van der Waals surface area (Å²) in [5.41, 5.74) is 4.04. The van der Waals surface area contributed by atoms with Gasteiger partial charge in [0.15, 0.2) is 17.5 Å². The standard InChI is InChI=1S/C37H39ClF5N9O3S2.C10H11F5N2.CH4O/c1-36(2,56-3)10-9-25-5-6-26(32(47-25)29(46-21-53)17-22-15-23(39)18-24(40)16-22)27-7-8-28(38)31-33(27)51(20-37(41,42)43)48-34(31)52(57(4)55)30(54)19-49-11-13-50(14-12-49)35(44)45;1-3-17-8-6(5(2)4-9(8,11)12)7(16-17)10(13,14)15;1-2/h5-8,15-16,18,21,29H,11-14,17,19-20H2,1-4H3,(H3,44,45)(H,46,53);5H,3-4H2,1-2H3;2H,1H3/t;5-;/m.0./s1. The third-order valence-corrected chi connectivity index (χ3v) is 14.4. The van der Waals surface area contributed by atoms with Crippen molar-refractivity contribution < 1.29 is 62.8 Å². The molecule has 2 amide bonds. The second kappa shape index (κ2) is 24.6. The van der Waals surface area contributed by atoms with E-state index in [0.29, 0.717) is 43.3 Å². The first-order chi connectivity index (χ1) is 35.5. The van der Waals surface area contributed by atoms with Gasteiger partial charge in [0.1, 0.15) is 40.6 Å². The minimum Gasteiger partial charge on any atom is -0.400 e. The van der Waals surface area contributed by atoms with Crippen molar-refractivity contribution in [2.45, 2.75) is 88.6 Å². The molecule has 76 heavy (non-hydrogen) atoms. The summed E-state index contributed by atoms with van der Waals surface area (Å²) < 4.78 is 152. The molecule has 3 aromatic heterocycles. The molecule has 28 heteroatoms. The monoisotopic (exact) mass is 1140 g/mol. The lowest BCUT2D eigenvalue weighted by Crippen LogP contribution is -2.53. The van der Waals surface area contributed by atoms with Crippen molar-refractivity contribution in [1.82, 2.24) is 39.7 Å². The molecule has 414 valence electrons. The number of hydrogen-bond donors (Lipinski definition) is 4. The molecule has 0 bridgehead atoms. The number of nitrogens with one attached hydrogen (secondary N) is 2. The summed E-state index contributed by atoms with van der Waals surface area (Å²) in [6, 6.07) is 7.64. The fourth-order valence-electron chi connectivity index (χ4n) is 8.63. The van der Waals surface area contributed by atoms with Crippen LogP contribution in [0.1, 0.15) is 80.0 Å². The van der Waals surface area contributed by atoms with Crippen LogP contribution in [0, 0.1) is 28.9 Å². The number of rotatable bonds is 13. The minimum atomic E-state index is -4.83. The quantitative estimate of drug-likeness (QED) is 0.0291. The van der Waals surface area contributed by atoms with Gasteiger partial charge in [0.25, 0.3) is 11.8 Å². The number of alkyl halides is 8. The summed E-state index contributed by atoms with van der Waals surface area (Å²) in [6.45, 7) is 6.08. The molecule has 0 radical (unpaired) electrons. The fourth-order valence-corrected chi connectivity index (χ4v) is 9.73. The number of piperazine rings is 1. The summed E-state index contributed by atoms with van der Waals surface area (Å²) in [5.74, 6) is -0.905. The number of benzene rings is 2. The van der Waals surface area contributed by atoms with Gasteiger partial charge in [-0.1, -0.05) is 30.5 Å². The van der Waals surface area contributed by atoms with Gasteiger partial charge in [0.2, 0.25) is 6.41 Å². The van der Waals surface area contributed by atoms with Crippen molar-refractivity contribution in [1.29, 1.82) is 5.41 Å². The van der Waals surface area contributed by atoms with Crippen LogP contribution in [0.4, 0.5) is 49.7 Å². The van der Waals surface area contributed by atoms with Crippen molar-refractivity contribution in [2.75, 3.05) is 56.7 Å². The maximum atomic E-state index is 14.3. The van der Waals surface area contributed by atoms with Crippen LogP contribution in [0.5, 0.6) is 0 Å². The number of guanidine groups is 1. The predicted octanol–water partition coefficient (Wildman–Crippen LogP) is 8.38. The van der Waals surface area contributed by atoms with Crippen LogP contribution in [0.2, 0.25) is 5.02 Å². The first-order valence-corrected chi connectivity index (χ1v) is 26.1. The van der Waals surface area contributed by atoms with Crippen LogP contribution < -0.4 is 15.4 Å². The molecule has 7 rings (SSSR count). The Morgan fingerprint density at radius 1 is 1.04 bits per heavy atom. The first kappa shape index (κ1) is 60.9. The van der Waals surface area contributed by atoms with E-state index in [1.807, 2.05) is 20.1 Å². The fraction of sp³-hybridized carbons (Fsp3) is 0.458. The van der Waals surface area contributed by atoms with E-state index in [1.165, 1.54) is 50.1 Å². The highest BCUT2D eigenvalue weighted by Crippen LogP contribution is 2.52. The smallest absolute Gasteiger partial charge is 0.400 e. The van der Waals surface area contributed by atoms with Crippen LogP contribution in [0.25, 0.3) is 22.0 Å². The van der Waals surface area contributed by atoms with Crippen LogP contribution in [-0.4, -0.2) is 125 Å². The number of aryl methyl sites for hydroxylation is 1. The molecule has 0 saturated carbocycles. The Morgan fingerprint density at radius 3 is 2.20 bits per heavy atom. The van der Waals surface area contributed by atoms with Crippen LogP contribution in [-0.2, 0) is 52.2 Å². The van der Waals surface area contributed by atoms with Gasteiger partial charge in [0, 0.05) is 75.3 Å². The lowest BCUT2D eigenvalue weighted by molar-refractivity contribution is -0.142. The van der Waals surface area contributed by atoms with Gasteiger partial charge in [-0.2, -0.15) is 45.3 Å². The number of fused-ring (bicyclic) bond motifs is 2. The second-order valence-electron chi connectivity index (χ2n) is 17.8. The zero-order chi connectivity index (χ0) is 56.8. The highest BCUT2D eigenvalue weighted by atomic mass is 35.5. The maximum absolute atomic E-state index is 14.3. The van der Waals surface area contributed by atoms with Crippen LogP contribution in [0.15, 0.2) is 42.5 Å². The maximum Gasteiger partial charge on any atom is 0.435 e. The van der Waals surface area contributed by atoms with Gasteiger partial charge in [-0.05, 0) is 81.2 Å². The number of anilines is 1. The zero-order valence-electron chi connectivity index (χ0n) is 41.9. The number of carbonyl (C=O) groups is 2. The molecule has 5 aromatic rings. The van der Waals surface area contributed by atoms with Gasteiger partial charge in [0.05, 0.1) is 39.0 Å². The number of pyridine rings is 1. The molecule has 2 unspecified atom stereocenters. The molecule has 5 N–H and O–H groups in total. The average molecular weight is 1140 g/mol. The van der Waals surface area contributed by atoms with E-state index < -0.39 is 87.9 Å². The Balaban J connectivity index is 0.000000471. The zero-order valence-corrected chi connectivity index (χ0v) is 44.3. The van der Waals surface area contributed by atoms with E-state index in [2.05, 4.69) is 27.4 Å². The minimum absolute atomic E-state index is 0.000718. The van der Waals surface area contributed by atoms with Crippen molar-refractivity contribution in [3.05, 3.63) is 93.0 Å². The number of hydrogen-bond acceptors (Lipinski definition) is 10. The Morgan fingerprint density at radius 2 is 1.66 bits per heavy atom. The topological polar surface area (TPSA) is 192 Å². The molecule has 15 nitrogen and oxygen atoms in total. The molecule has 1 fully saturated rings. The highest BCUT2D eigenvalue weighted by molar-refractivity contribution is 8.00. The van der Waals surface area contributed by atoms with Gasteiger partial charge in [-0.25, -0.2) is 22.3 Å². The summed E-state index contributed by atoms with van der Waals surface area (Å²) >= 11 is 8.21. The first-order valence-electron chi connectivity index (χ1n) is 23.0. The number of thioether (sulfide) groups is 1. The van der Waals surface area contributed by atoms with E-state index >= 15 is 0 Å². The number of halogens is 11. The molecule has 3 atom stereocenters. The van der Waals surface area contributed by atoms with Crippen molar-refractivity contribution in [3.8, 4) is 23.0 Å². The van der Waals surface area contributed by atoms with Crippen molar-refractivity contribution >= 4 is 69.3 Å². The summed E-state index contributed by atoms with van der Waals surface area (Å²) in [5, 5.41) is 24.6. The van der Waals surface area contributed by atoms with E-state index in [0.717, 1.165) is 28.2 Å². The molecule has 1 aliphatic heterocycles. The van der Waals surface area contributed by atoms with Gasteiger partial charge < -0.3 is 21.1 Å². The Bertz CT molecular complexity index is 3000. The number of nitrogens with two attached hydrogens (primary N) is 1. The molecule has 2 aliphatic rings. The number of aliphatic hydroxyl groups is 1. The van der Waals surface area contributed by atoms with Crippen molar-refractivity contribution in [3.63, 3.8) is 0 Å². The van der Waals surface area contributed by atoms with Crippen molar-refractivity contribution in [2.24, 2.45) is 5.73 Å². The van der Waals surface area contributed by atoms with Gasteiger partial charge in [-0.3, -0.25) is 29.3 Å². The molecular weight excluding hydrogens is 1080 g/mol. The number of carbonyl (C=O) groups excluding carboxylic acids is 2. The van der Waals surface area contributed by atoms with E-state index in [1.54, 1.807) is 15.9 Å². The molecule has 4 heterocycles. The molecule has 0 spiro atoms. The van der Waals surface area contributed by atoms with Gasteiger partial charge in [-0.15, -0.1) is 11.8 Å². The van der Waals surface area contributed by atoms with E-state index in [4.69, 9.17) is 32.8 Å². The molecular formula is C48H54ClF10N11O4S2. The van der Waals surface area contributed by atoms with Gasteiger partial charge >= 0.3 is 12.4 Å². The lowest BCUT2D eigenvalue weighted by Gasteiger charge is -2.35. The summed E-state index contributed by atoms with van der Waals surface area (Å²) in [6.07, 6.45) is -6.86. The normalized spacial score (nSPS) is 16.3. The number of nitrogens with zero attached hydrogens (tertiary/aromatic N) is 8. The summed E-state index contributed by atoms with van der Waals surface area (Å²) in [4.78, 5) is 34.0. The molecule has 1 saturated heterocycles. The third-order valence-electron chi connectivity index (χ3n) is 12.0. The third kappa shape index (κ3) is 14.3. The molecule has 2 aromatic carbocycles. The number of aliphatic hydroxyl groups excluding tert-OH is 1. The Hall–Kier alpha value is -5.95. The average Bonchev–Trinajstić information content (AvgIpc) is 3.98. The Labute approximate surface area is 442 Å². The van der Waals surface area contributed by atoms with Crippen LogP contribution >= 0.6 is 23.4 Å². The summed E-state index contributed by atoms with van der Waals surface area (Å²) in [7, 11) is -1.15. The largest absolute Gasteiger partial charge is 0.435 e. The molecule has 1 aliphatic carbocycles. The van der Waals surface area contributed by atoms with E-state index in [9.17, 15) is 57.7 Å². The SMILES string of the molecule is CCn1nc(C(F)(F)F)c2c1C(F)(F)C[C@@H]2C.CO.CSC(C)(C)C#Cc1ccc(-c2ccc(Cl)c3c(N(C(=O)CN4CCN(C(=N)N)CC4)S(C)=O)nn(CC(F)(F)F)c23)c(C(Cc2cc(F)cc(F)c2)NC=O)n1. The predicted molar refractivity (Wildman–Crippen MR) is 270 cm³/mol.